The van der Waals surface area contributed by atoms with Crippen molar-refractivity contribution in [1.29, 1.82) is 0 Å². The van der Waals surface area contributed by atoms with Crippen LogP contribution in [0.25, 0.3) is 11.1 Å². The van der Waals surface area contributed by atoms with Gasteiger partial charge in [-0.1, -0.05) is 6.07 Å². The summed E-state index contributed by atoms with van der Waals surface area (Å²) in [7, 11) is 0. The highest BCUT2D eigenvalue weighted by atomic mass is 19.4. The second-order valence-corrected chi connectivity index (χ2v) is 5.42. The number of carbonyl (C=O) groups excluding carboxylic acids is 1. The monoisotopic (exact) mass is 349 g/mol. The average Bonchev–Trinajstić information content (AvgIpc) is 2.96. The number of hydrogen-bond donors (Lipinski definition) is 2. The number of nitrogens with zero attached hydrogens (tertiary/aromatic N) is 1. The number of benzene rings is 2. The SMILES string of the molecule is Cc1nc2c(NC(=O)c3ccc(C(F)(F)F)cc3)ccc(CN)c2o1. The second-order valence-electron chi connectivity index (χ2n) is 5.42. The molecule has 3 N–H and O–H groups in total. The molecule has 5 nitrogen and oxygen atoms in total. The first-order valence-electron chi connectivity index (χ1n) is 7.37. The molecule has 3 aromatic rings. The Bertz CT molecular complexity index is 931. The Morgan fingerprint density at radius 1 is 1.20 bits per heavy atom. The lowest BCUT2D eigenvalue weighted by molar-refractivity contribution is -0.137. The van der Waals surface area contributed by atoms with Crippen LogP contribution >= 0.6 is 0 Å². The van der Waals surface area contributed by atoms with E-state index >= 15 is 0 Å². The Hall–Kier alpha value is -2.87. The molecule has 0 radical (unpaired) electrons. The molecule has 0 aliphatic rings. The number of carbonyl (C=O) groups is 1. The zero-order chi connectivity index (χ0) is 18.2. The summed E-state index contributed by atoms with van der Waals surface area (Å²) >= 11 is 0. The van der Waals surface area contributed by atoms with E-state index < -0.39 is 17.6 Å². The van der Waals surface area contributed by atoms with Gasteiger partial charge in [0, 0.05) is 24.6 Å². The molecule has 3 rings (SSSR count). The topological polar surface area (TPSA) is 81.2 Å². The van der Waals surface area contributed by atoms with E-state index in [1.165, 1.54) is 0 Å². The van der Waals surface area contributed by atoms with Crippen molar-refractivity contribution in [3.05, 3.63) is 59.0 Å². The fourth-order valence-corrected chi connectivity index (χ4v) is 2.43. The van der Waals surface area contributed by atoms with E-state index in [0.717, 1.165) is 29.8 Å². The summed E-state index contributed by atoms with van der Waals surface area (Å²) in [5.41, 5.74) is 7.00. The predicted octanol–water partition coefficient (Wildman–Crippen LogP) is 3.87. The Morgan fingerprint density at radius 2 is 1.88 bits per heavy atom. The molecule has 0 bridgehead atoms. The van der Waals surface area contributed by atoms with Crippen LogP contribution < -0.4 is 11.1 Å². The number of aryl methyl sites for hydroxylation is 1. The van der Waals surface area contributed by atoms with Crippen molar-refractivity contribution in [3.8, 4) is 0 Å². The lowest BCUT2D eigenvalue weighted by atomic mass is 10.1. The van der Waals surface area contributed by atoms with Crippen molar-refractivity contribution >= 4 is 22.7 Å². The van der Waals surface area contributed by atoms with Crippen molar-refractivity contribution in [2.24, 2.45) is 5.73 Å². The van der Waals surface area contributed by atoms with E-state index in [0.29, 0.717) is 22.7 Å². The molecule has 0 atom stereocenters. The Balaban J connectivity index is 1.90. The lowest BCUT2D eigenvalue weighted by Crippen LogP contribution is -2.13. The second kappa shape index (κ2) is 6.21. The van der Waals surface area contributed by atoms with Crippen LogP contribution in [0.2, 0.25) is 0 Å². The van der Waals surface area contributed by atoms with Crippen molar-refractivity contribution < 1.29 is 22.4 Å². The quantitative estimate of drug-likeness (QED) is 0.752. The maximum atomic E-state index is 12.6. The number of hydrogen-bond acceptors (Lipinski definition) is 4. The molecular formula is C17H14F3N3O2. The Labute approximate surface area is 140 Å². The van der Waals surface area contributed by atoms with Crippen molar-refractivity contribution in [2.45, 2.75) is 19.6 Å². The molecule has 0 unspecified atom stereocenters. The molecule has 0 fully saturated rings. The summed E-state index contributed by atoms with van der Waals surface area (Å²) in [6.45, 7) is 1.92. The molecule has 2 aromatic carbocycles. The third kappa shape index (κ3) is 3.34. The molecule has 25 heavy (non-hydrogen) atoms. The van der Waals surface area contributed by atoms with Gasteiger partial charge < -0.3 is 15.5 Å². The van der Waals surface area contributed by atoms with E-state index in [1.54, 1.807) is 19.1 Å². The zero-order valence-corrected chi connectivity index (χ0v) is 13.1. The van der Waals surface area contributed by atoms with Gasteiger partial charge in [-0.2, -0.15) is 13.2 Å². The normalized spacial score (nSPS) is 11.7. The largest absolute Gasteiger partial charge is 0.441 e. The number of oxazole rings is 1. The van der Waals surface area contributed by atoms with Gasteiger partial charge in [-0.3, -0.25) is 4.79 Å². The third-order valence-corrected chi connectivity index (χ3v) is 3.67. The summed E-state index contributed by atoms with van der Waals surface area (Å²) in [6, 6.07) is 7.31. The highest BCUT2D eigenvalue weighted by molar-refractivity contribution is 6.08. The fraction of sp³-hybridized carbons (Fsp3) is 0.176. The fourth-order valence-electron chi connectivity index (χ4n) is 2.43. The van der Waals surface area contributed by atoms with Crippen molar-refractivity contribution in [2.75, 3.05) is 5.32 Å². The molecular weight excluding hydrogens is 335 g/mol. The van der Waals surface area contributed by atoms with E-state index in [-0.39, 0.29) is 12.1 Å². The summed E-state index contributed by atoms with van der Waals surface area (Å²) in [4.78, 5) is 16.5. The minimum absolute atomic E-state index is 0.101. The summed E-state index contributed by atoms with van der Waals surface area (Å²) in [6.07, 6.45) is -4.45. The third-order valence-electron chi connectivity index (χ3n) is 3.67. The van der Waals surface area contributed by atoms with Crippen LogP contribution in [0.15, 0.2) is 40.8 Å². The molecule has 0 aliphatic carbocycles. The predicted molar refractivity (Wildman–Crippen MR) is 86.0 cm³/mol. The standard InChI is InChI=1S/C17H14F3N3O2/c1-9-22-14-13(7-4-11(8-21)15(14)25-9)23-16(24)10-2-5-12(6-3-10)17(18,19)20/h2-7H,8,21H2,1H3,(H,23,24). The number of nitrogens with two attached hydrogens (primary N) is 1. The number of nitrogens with one attached hydrogen (secondary N) is 1. The molecule has 1 amide bonds. The van der Waals surface area contributed by atoms with Gasteiger partial charge >= 0.3 is 6.18 Å². The van der Waals surface area contributed by atoms with Crippen LogP contribution in [0.4, 0.5) is 18.9 Å². The zero-order valence-electron chi connectivity index (χ0n) is 13.1. The summed E-state index contributed by atoms with van der Waals surface area (Å²) < 4.78 is 43.3. The van der Waals surface area contributed by atoms with Crippen LogP contribution in [-0.4, -0.2) is 10.9 Å². The highest BCUT2D eigenvalue weighted by Gasteiger charge is 2.30. The lowest BCUT2D eigenvalue weighted by Gasteiger charge is -2.09. The van der Waals surface area contributed by atoms with Gasteiger partial charge in [-0.15, -0.1) is 0 Å². The van der Waals surface area contributed by atoms with Crippen LogP contribution in [0, 0.1) is 6.92 Å². The average molecular weight is 349 g/mol. The number of amides is 1. The minimum Gasteiger partial charge on any atom is -0.441 e. The number of alkyl halides is 3. The highest BCUT2D eigenvalue weighted by Crippen LogP contribution is 2.30. The van der Waals surface area contributed by atoms with E-state index in [4.69, 9.17) is 10.2 Å². The Kier molecular flexibility index (Phi) is 4.22. The van der Waals surface area contributed by atoms with Crippen LogP contribution in [0.3, 0.4) is 0 Å². The van der Waals surface area contributed by atoms with Crippen LogP contribution in [0.5, 0.6) is 0 Å². The number of fused-ring (bicyclic) bond motifs is 1. The maximum absolute atomic E-state index is 12.6. The maximum Gasteiger partial charge on any atom is 0.416 e. The van der Waals surface area contributed by atoms with Crippen LogP contribution in [-0.2, 0) is 12.7 Å². The minimum atomic E-state index is -4.45. The van der Waals surface area contributed by atoms with E-state index in [1.807, 2.05) is 0 Å². The van der Waals surface area contributed by atoms with Crippen LogP contribution in [0.1, 0.15) is 27.4 Å². The Morgan fingerprint density at radius 3 is 2.48 bits per heavy atom. The van der Waals surface area contributed by atoms with Gasteiger partial charge in [-0.25, -0.2) is 4.98 Å². The first-order valence-corrected chi connectivity index (χ1v) is 7.37. The molecule has 1 heterocycles. The first-order chi connectivity index (χ1) is 11.8. The van der Waals surface area contributed by atoms with Gasteiger partial charge in [0.1, 0.15) is 5.52 Å². The van der Waals surface area contributed by atoms with Gasteiger partial charge in [-0.05, 0) is 30.3 Å². The molecule has 0 saturated heterocycles. The van der Waals surface area contributed by atoms with Crippen molar-refractivity contribution in [1.82, 2.24) is 4.98 Å². The van der Waals surface area contributed by atoms with Crippen molar-refractivity contribution in [3.63, 3.8) is 0 Å². The molecule has 8 heteroatoms. The van der Waals surface area contributed by atoms with Gasteiger partial charge in [0.25, 0.3) is 5.91 Å². The van der Waals surface area contributed by atoms with Gasteiger partial charge in [0.2, 0.25) is 0 Å². The first kappa shape index (κ1) is 17.0. The summed E-state index contributed by atoms with van der Waals surface area (Å²) in [5, 5.41) is 2.64. The van der Waals surface area contributed by atoms with E-state index in [9.17, 15) is 18.0 Å². The molecule has 0 aliphatic heterocycles. The molecule has 130 valence electrons. The molecule has 0 saturated carbocycles. The number of aromatic nitrogens is 1. The summed E-state index contributed by atoms with van der Waals surface area (Å²) in [5.74, 6) is -0.128. The number of rotatable bonds is 3. The van der Waals surface area contributed by atoms with E-state index in [2.05, 4.69) is 10.3 Å². The smallest absolute Gasteiger partial charge is 0.416 e. The molecule has 0 spiro atoms. The van der Waals surface area contributed by atoms with Gasteiger partial charge in [0.15, 0.2) is 11.5 Å². The van der Waals surface area contributed by atoms with Gasteiger partial charge in [0.05, 0.1) is 11.3 Å². The number of halogens is 3. The number of anilines is 1. The molecule has 1 aromatic heterocycles.